The number of hydrogen-bond donors (Lipinski definition) is 1. The zero-order chi connectivity index (χ0) is 22.9. The molecule has 0 spiro atoms. The molecule has 0 aliphatic rings. The number of benzene rings is 1. The minimum Gasteiger partial charge on any atom is -0.496 e. The number of hydrogen-bond acceptors (Lipinski definition) is 6. The van der Waals surface area contributed by atoms with E-state index < -0.39 is 18.6 Å². The molecule has 0 atom stereocenters. The Morgan fingerprint density at radius 2 is 2.16 bits per heavy atom. The summed E-state index contributed by atoms with van der Waals surface area (Å²) in [6, 6.07) is 8.01. The highest BCUT2D eigenvalue weighted by atomic mass is 19.4. The van der Waals surface area contributed by atoms with Crippen LogP contribution in [0, 0.1) is 11.3 Å². The van der Waals surface area contributed by atoms with Gasteiger partial charge in [-0.2, -0.15) is 28.6 Å². The molecule has 0 aliphatic carbocycles. The molecule has 3 heterocycles. The number of nitrogens with one attached hydrogen (secondary N) is 1. The third kappa shape index (κ3) is 4.08. The summed E-state index contributed by atoms with van der Waals surface area (Å²) in [4.78, 5) is 17.0. The van der Waals surface area contributed by atoms with Crippen LogP contribution in [-0.4, -0.2) is 43.6 Å². The first-order chi connectivity index (χ1) is 15.3. The van der Waals surface area contributed by atoms with Crippen LogP contribution in [0.3, 0.4) is 0 Å². The fourth-order valence-corrected chi connectivity index (χ4v) is 3.12. The predicted octanol–water partition coefficient (Wildman–Crippen LogP) is 3.29. The van der Waals surface area contributed by atoms with E-state index in [1.54, 1.807) is 12.3 Å². The van der Waals surface area contributed by atoms with E-state index in [1.165, 1.54) is 42.2 Å². The van der Waals surface area contributed by atoms with Crippen molar-refractivity contribution >= 4 is 17.2 Å². The molecule has 3 aromatic heterocycles. The van der Waals surface area contributed by atoms with Crippen LogP contribution in [-0.2, 0) is 6.54 Å². The van der Waals surface area contributed by atoms with Crippen molar-refractivity contribution in [1.29, 1.82) is 5.26 Å². The third-order valence-corrected chi connectivity index (χ3v) is 4.46. The van der Waals surface area contributed by atoms with Crippen molar-refractivity contribution < 1.29 is 22.7 Å². The maximum atomic E-state index is 13.0. The second-order valence-corrected chi connectivity index (χ2v) is 6.63. The molecular weight excluding hydrogens is 427 g/mol. The molecule has 1 N–H and O–H groups in total. The fraction of sp³-hybridized carbons (Fsp3) is 0.150. The molecule has 0 bridgehead atoms. The molecule has 162 valence electrons. The predicted molar refractivity (Wildman–Crippen MR) is 106 cm³/mol. The van der Waals surface area contributed by atoms with E-state index in [0.717, 1.165) is 6.20 Å². The molecule has 4 rings (SSSR count). The lowest BCUT2D eigenvalue weighted by Crippen LogP contribution is -2.18. The van der Waals surface area contributed by atoms with Crippen LogP contribution in [0.1, 0.15) is 15.9 Å². The molecule has 0 aliphatic heterocycles. The lowest BCUT2D eigenvalue weighted by molar-refractivity contribution is -0.142. The van der Waals surface area contributed by atoms with Crippen molar-refractivity contribution in [2.45, 2.75) is 12.7 Å². The van der Waals surface area contributed by atoms with E-state index in [1.807, 2.05) is 6.07 Å². The van der Waals surface area contributed by atoms with Crippen LogP contribution in [0.15, 0.2) is 49.1 Å². The van der Waals surface area contributed by atoms with Crippen LogP contribution in [0.5, 0.6) is 5.75 Å². The van der Waals surface area contributed by atoms with Gasteiger partial charge in [-0.3, -0.25) is 9.48 Å². The lowest BCUT2D eigenvalue weighted by atomic mass is 10.1. The summed E-state index contributed by atoms with van der Waals surface area (Å²) in [7, 11) is 1.38. The zero-order valence-corrected chi connectivity index (χ0v) is 16.5. The quantitative estimate of drug-likeness (QED) is 0.509. The smallest absolute Gasteiger partial charge is 0.408 e. The van der Waals surface area contributed by atoms with Crippen LogP contribution >= 0.6 is 0 Å². The van der Waals surface area contributed by atoms with Crippen molar-refractivity contribution in [3.05, 3.63) is 60.2 Å². The maximum absolute atomic E-state index is 13.0. The van der Waals surface area contributed by atoms with Gasteiger partial charge in [0.05, 0.1) is 30.6 Å². The van der Waals surface area contributed by atoms with Crippen molar-refractivity contribution in [2.75, 3.05) is 12.4 Å². The standard InChI is InChI=1S/C20H14F3N7O2/c1-32-16-4-3-12(8-24)7-13(16)17-15(10-29(28-17)11-20(21,22)23)27-19(31)14-9-26-30-6-2-5-25-18(14)30/h2-7,9-10H,11H2,1H3,(H,27,31). The monoisotopic (exact) mass is 441 g/mol. The Morgan fingerprint density at radius 1 is 1.34 bits per heavy atom. The van der Waals surface area contributed by atoms with Crippen LogP contribution in [0.25, 0.3) is 16.9 Å². The summed E-state index contributed by atoms with van der Waals surface area (Å²) in [5.74, 6) is -0.365. The number of nitriles is 1. The van der Waals surface area contributed by atoms with Crippen molar-refractivity contribution in [3.63, 3.8) is 0 Å². The minimum atomic E-state index is -4.53. The van der Waals surface area contributed by atoms with Gasteiger partial charge in [-0.05, 0) is 24.3 Å². The van der Waals surface area contributed by atoms with Crippen molar-refractivity contribution in [2.24, 2.45) is 0 Å². The third-order valence-electron chi connectivity index (χ3n) is 4.46. The first kappa shape index (κ1) is 20.9. The van der Waals surface area contributed by atoms with Gasteiger partial charge < -0.3 is 10.1 Å². The number of alkyl halides is 3. The van der Waals surface area contributed by atoms with Gasteiger partial charge in [0.2, 0.25) is 0 Å². The van der Waals surface area contributed by atoms with E-state index >= 15 is 0 Å². The molecule has 0 fully saturated rings. The molecule has 1 amide bonds. The number of rotatable bonds is 5. The number of ether oxygens (including phenoxy) is 1. The zero-order valence-electron chi connectivity index (χ0n) is 16.5. The Bertz CT molecular complexity index is 1350. The average molecular weight is 441 g/mol. The van der Waals surface area contributed by atoms with Crippen molar-refractivity contribution in [3.8, 4) is 23.1 Å². The van der Waals surface area contributed by atoms with Gasteiger partial charge >= 0.3 is 6.18 Å². The fourth-order valence-electron chi connectivity index (χ4n) is 3.12. The Balaban J connectivity index is 1.79. The van der Waals surface area contributed by atoms with Gasteiger partial charge in [0.25, 0.3) is 5.91 Å². The second-order valence-electron chi connectivity index (χ2n) is 6.63. The Hall–Kier alpha value is -4.40. The highest BCUT2D eigenvalue weighted by molar-refractivity contribution is 6.09. The molecule has 4 aromatic rings. The van der Waals surface area contributed by atoms with Gasteiger partial charge in [0, 0.05) is 24.2 Å². The molecule has 0 unspecified atom stereocenters. The van der Waals surface area contributed by atoms with Crippen LogP contribution in [0.4, 0.5) is 18.9 Å². The molecule has 9 nitrogen and oxygen atoms in total. The summed E-state index contributed by atoms with van der Waals surface area (Å²) < 4.78 is 46.3. The highest BCUT2D eigenvalue weighted by Crippen LogP contribution is 2.35. The van der Waals surface area contributed by atoms with Crippen LogP contribution in [0.2, 0.25) is 0 Å². The number of halogens is 3. The number of carbonyl (C=O) groups is 1. The summed E-state index contributed by atoms with van der Waals surface area (Å²) in [5, 5.41) is 19.8. The molecule has 32 heavy (non-hydrogen) atoms. The molecular formula is C20H14F3N7O2. The molecule has 0 radical (unpaired) electrons. The lowest BCUT2D eigenvalue weighted by Gasteiger charge is -2.09. The second kappa shape index (κ2) is 8.03. The van der Waals surface area contributed by atoms with E-state index in [4.69, 9.17) is 4.74 Å². The van der Waals surface area contributed by atoms with Gasteiger partial charge in [0.1, 0.15) is 23.6 Å². The van der Waals surface area contributed by atoms with Gasteiger partial charge in [0.15, 0.2) is 5.65 Å². The first-order valence-corrected chi connectivity index (χ1v) is 9.11. The van der Waals surface area contributed by atoms with Gasteiger partial charge in [-0.15, -0.1) is 0 Å². The normalized spacial score (nSPS) is 11.3. The Morgan fingerprint density at radius 3 is 2.88 bits per heavy atom. The molecule has 12 heteroatoms. The molecule has 0 saturated heterocycles. The first-order valence-electron chi connectivity index (χ1n) is 9.11. The number of nitrogens with zero attached hydrogens (tertiary/aromatic N) is 6. The Kier molecular flexibility index (Phi) is 5.23. The Labute approximate surface area is 178 Å². The number of amides is 1. The summed E-state index contributed by atoms with van der Waals surface area (Å²) in [6.45, 7) is -1.37. The minimum absolute atomic E-state index is 0.00270. The van der Waals surface area contributed by atoms with Crippen molar-refractivity contribution in [1.82, 2.24) is 24.4 Å². The summed E-state index contributed by atoms with van der Waals surface area (Å²) in [6.07, 6.45) is 0.922. The number of aromatic nitrogens is 5. The van der Waals surface area contributed by atoms with E-state index in [0.29, 0.717) is 4.68 Å². The number of methoxy groups -OCH3 is 1. The van der Waals surface area contributed by atoms with E-state index in [2.05, 4.69) is 20.5 Å². The number of anilines is 1. The summed E-state index contributed by atoms with van der Waals surface area (Å²) >= 11 is 0. The van der Waals surface area contributed by atoms with E-state index in [9.17, 15) is 23.2 Å². The van der Waals surface area contributed by atoms with E-state index in [-0.39, 0.29) is 39.5 Å². The largest absolute Gasteiger partial charge is 0.496 e. The summed E-state index contributed by atoms with van der Waals surface area (Å²) in [5.41, 5.74) is 0.913. The number of fused-ring (bicyclic) bond motifs is 1. The highest BCUT2D eigenvalue weighted by Gasteiger charge is 2.30. The van der Waals surface area contributed by atoms with Gasteiger partial charge in [-0.25, -0.2) is 9.50 Å². The SMILES string of the molecule is COc1ccc(C#N)cc1-c1nn(CC(F)(F)F)cc1NC(=O)c1cnn2cccnc12. The molecule has 0 saturated carbocycles. The average Bonchev–Trinajstić information content (AvgIpc) is 3.36. The van der Waals surface area contributed by atoms with Gasteiger partial charge in [-0.1, -0.05) is 0 Å². The topological polar surface area (TPSA) is 110 Å². The maximum Gasteiger partial charge on any atom is 0.408 e. The molecule has 1 aromatic carbocycles. The number of carbonyl (C=O) groups excluding carboxylic acids is 1. The van der Waals surface area contributed by atoms with Crippen LogP contribution < -0.4 is 10.1 Å².